The predicted molar refractivity (Wildman–Crippen MR) is 68.3 cm³/mol. The molecule has 18 heavy (non-hydrogen) atoms. The van der Waals surface area contributed by atoms with Crippen LogP contribution in [0.5, 0.6) is 0 Å². The van der Waals surface area contributed by atoms with Gasteiger partial charge in [0.25, 0.3) is 0 Å². The summed E-state index contributed by atoms with van der Waals surface area (Å²) in [4.78, 5) is 21.2. The van der Waals surface area contributed by atoms with Crippen LogP contribution in [0.4, 0.5) is 0 Å². The number of aromatic nitrogens is 3. The number of hydrogen-bond acceptors (Lipinski definition) is 6. The van der Waals surface area contributed by atoms with E-state index in [0.717, 1.165) is 17.0 Å². The monoisotopic (exact) mass is 254 g/mol. The second-order valence-corrected chi connectivity index (χ2v) is 4.41. The van der Waals surface area contributed by atoms with E-state index in [9.17, 15) is 4.79 Å². The Kier molecular flexibility index (Phi) is 2.46. The maximum Gasteiger partial charge on any atom is 0.230 e. The molecule has 0 bridgehead atoms. The van der Waals surface area contributed by atoms with Gasteiger partial charge in [-0.05, 0) is 23.7 Å². The van der Waals surface area contributed by atoms with Gasteiger partial charge >= 0.3 is 0 Å². The van der Waals surface area contributed by atoms with Gasteiger partial charge in [0.15, 0.2) is 10.3 Å². The second kappa shape index (κ2) is 4.13. The highest BCUT2D eigenvalue weighted by Gasteiger charge is 2.10. The molecule has 0 unspecified atom stereocenters. The van der Waals surface area contributed by atoms with Crippen LogP contribution in [0.2, 0.25) is 0 Å². The summed E-state index contributed by atoms with van der Waals surface area (Å²) in [6, 6.07) is 9.27. The number of fused-ring (bicyclic) bond motifs is 2. The molecule has 0 saturated carbocycles. The Hall–Kier alpha value is -2.39. The molecule has 6 heteroatoms. The van der Waals surface area contributed by atoms with Crippen molar-refractivity contribution in [2.75, 3.05) is 0 Å². The number of rotatable bonds is 1. The lowest BCUT2D eigenvalue weighted by atomic mass is 10.2. The third-order valence-corrected chi connectivity index (χ3v) is 3.27. The van der Waals surface area contributed by atoms with Crippen LogP contribution in [0.25, 0.3) is 21.4 Å². The molecule has 1 aromatic carbocycles. The van der Waals surface area contributed by atoms with E-state index in [-0.39, 0.29) is 17.5 Å². The zero-order chi connectivity index (χ0) is 12.5. The Morgan fingerprint density at radius 1 is 1.22 bits per heavy atom. The van der Waals surface area contributed by atoms with E-state index < -0.39 is 0 Å². The molecule has 0 radical (unpaired) electrons. The third-order valence-electron chi connectivity index (χ3n) is 2.50. The Bertz CT molecular complexity index is 850. The van der Waals surface area contributed by atoms with Crippen molar-refractivity contribution in [1.29, 1.82) is 5.26 Å². The largest absolute Gasteiger partial charge is 0.285 e. The van der Waals surface area contributed by atoms with Crippen molar-refractivity contribution < 1.29 is 0 Å². The maximum atomic E-state index is 12.1. The quantitative estimate of drug-likeness (QED) is 0.617. The van der Waals surface area contributed by atoms with E-state index in [1.54, 1.807) is 6.07 Å². The fourth-order valence-corrected chi connectivity index (χ4v) is 2.37. The van der Waals surface area contributed by atoms with Crippen LogP contribution in [0.3, 0.4) is 0 Å². The van der Waals surface area contributed by atoms with Crippen molar-refractivity contribution >= 4 is 32.9 Å². The van der Waals surface area contributed by atoms with E-state index >= 15 is 0 Å². The summed E-state index contributed by atoms with van der Waals surface area (Å²) >= 11 is 1.10. The normalized spacial score (nSPS) is 10.6. The topological polar surface area (TPSA) is 79.5 Å². The zero-order valence-electron chi connectivity index (χ0n) is 9.12. The first-order valence-corrected chi connectivity index (χ1v) is 5.99. The molecule has 3 rings (SSSR count). The number of para-hydroxylation sites is 2. The van der Waals surface area contributed by atoms with Crippen molar-refractivity contribution in [3.63, 3.8) is 0 Å². The van der Waals surface area contributed by atoms with Crippen LogP contribution in [-0.2, 0) is 6.42 Å². The van der Waals surface area contributed by atoms with Crippen LogP contribution >= 0.6 is 11.5 Å². The molecular weight excluding hydrogens is 248 g/mol. The smallest absolute Gasteiger partial charge is 0.230 e. The molecule has 86 valence electrons. The molecule has 0 aliphatic rings. The molecule has 0 spiro atoms. The van der Waals surface area contributed by atoms with Crippen molar-refractivity contribution in [3.8, 4) is 6.07 Å². The van der Waals surface area contributed by atoms with Crippen LogP contribution in [0.1, 0.15) is 5.69 Å². The van der Waals surface area contributed by atoms with Gasteiger partial charge in [-0.2, -0.15) is 9.64 Å². The minimum absolute atomic E-state index is 0.000218. The third kappa shape index (κ3) is 1.61. The Morgan fingerprint density at radius 3 is 2.67 bits per heavy atom. The second-order valence-electron chi connectivity index (χ2n) is 3.66. The minimum Gasteiger partial charge on any atom is -0.285 e. The van der Waals surface area contributed by atoms with Crippen molar-refractivity contribution in [1.82, 2.24) is 14.3 Å². The van der Waals surface area contributed by atoms with Gasteiger partial charge in [0.2, 0.25) is 5.43 Å². The van der Waals surface area contributed by atoms with E-state index in [2.05, 4.69) is 14.3 Å². The van der Waals surface area contributed by atoms with Gasteiger partial charge in [-0.25, -0.2) is 9.97 Å². The fourth-order valence-electron chi connectivity index (χ4n) is 1.66. The van der Waals surface area contributed by atoms with Crippen molar-refractivity contribution in [2.24, 2.45) is 0 Å². The summed E-state index contributed by atoms with van der Waals surface area (Å²) in [5, 5.41) is 8.63. The van der Waals surface area contributed by atoms with Crippen LogP contribution in [-0.4, -0.2) is 14.3 Å². The average molecular weight is 254 g/mol. The minimum atomic E-state index is -0.302. The Labute approximate surface area is 106 Å². The number of nitrogens with zero attached hydrogens (tertiary/aromatic N) is 4. The van der Waals surface area contributed by atoms with Gasteiger partial charge in [0.1, 0.15) is 5.69 Å². The fraction of sp³-hybridized carbons (Fsp3) is 0.0833. The number of benzene rings is 1. The number of nitriles is 1. The van der Waals surface area contributed by atoms with Crippen LogP contribution in [0, 0.1) is 11.3 Å². The highest BCUT2D eigenvalue weighted by Crippen LogP contribution is 2.15. The maximum absolute atomic E-state index is 12.1. The summed E-state index contributed by atoms with van der Waals surface area (Å²) < 4.78 is 4.01. The van der Waals surface area contributed by atoms with E-state index in [1.165, 1.54) is 0 Å². The molecule has 0 amide bonds. The van der Waals surface area contributed by atoms with Crippen molar-refractivity contribution in [2.45, 2.75) is 6.42 Å². The molecule has 5 nitrogen and oxygen atoms in total. The molecule has 0 atom stereocenters. The van der Waals surface area contributed by atoms with Gasteiger partial charge in [0, 0.05) is 0 Å². The molecule has 2 heterocycles. The summed E-state index contributed by atoms with van der Waals surface area (Å²) in [5.74, 6) is 0. The standard InChI is InChI=1S/C12H6N4OS/c13-6-5-9-11(17)10-12(18-16-9)15-8-4-2-1-3-7(8)14-10/h1-4H,5H2. The van der Waals surface area contributed by atoms with Gasteiger partial charge in [0.05, 0.1) is 23.5 Å². The molecular formula is C12H6N4OS. The van der Waals surface area contributed by atoms with Crippen molar-refractivity contribution in [3.05, 3.63) is 40.2 Å². The lowest BCUT2D eigenvalue weighted by molar-refractivity contribution is 1.15. The van der Waals surface area contributed by atoms with E-state index in [4.69, 9.17) is 5.26 Å². The summed E-state index contributed by atoms with van der Waals surface area (Å²) in [7, 11) is 0. The van der Waals surface area contributed by atoms with Gasteiger partial charge < -0.3 is 0 Å². The Morgan fingerprint density at radius 2 is 1.94 bits per heavy atom. The molecule has 0 saturated heterocycles. The van der Waals surface area contributed by atoms with Crippen LogP contribution in [0.15, 0.2) is 29.1 Å². The first-order valence-electron chi connectivity index (χ1n) is 5.22. The lowest BCUT2D eigenvalue weighted by Crippen LogP contribution is -2.11. The van der Waals surface area contributed by atoms with Gasteiger partial charge in [-0.3, -0.25) is 4.79 Å². The summed E-state index contributed by atoms with van der Waals surface area (Å²) in [6.07, 6.45) is -0.000218. The highest BCUT2D eigenvalue weighted by atomic mass is 32.1. The molecule has 0 fully saturated rings. The first-order chi connectivity index (χ1) is 8.79. The van der Waals surface area contributed by atoms with Gasteiger partial charge in [-0.15, -0.1) is 0 Å². The van der Waals surface area contributed by atoms with E-state index in [1.807, 2.05) is 24.3 Å². The summed E-state index contributed by atoms with van der Waals surface area (Å²) in [6.45, 7) is 0. The lowest BCUT2D eigenvalue weighted by Gasteiger charge is -1.99. The van der Waals surface area contributed by atoms with E-state index in [0.29, 0.717) is 15.9 Å². The Balaban J connectivity index is 2.41. The van der Waals surface area contributed by atoms with Gasteiger partial charge in [-0.1, -0.05) is 12.1 Å². The molecule has 0 aliphatic heterocycles. The molecule has 0 N–H and O–H groups in total. The molecule has 2 aromatic heterocycles. The molecule has 3 aromatic rings. The molecule has 0 aliphatic carbocycles. The zero-order valence-corrected chi connectivity index (χ0v) is 9.94. The average Bonchev–Trinajstić information content (AvgIpc) is 2.41. The SMILES string of the molecule is N#CCc1nsc2nc3ccccc3nc2c1=O. The predicted octanol–water partition coefficient (Wildman–Crippen LogP) is 1.67. The number of hydrogen-bond donors (Lipinski definition) is 0. The summed E-state index contributed by atoms with van der Waals surface area (Å²) in [5.41, 5.74) is 1.63. The first kappa shape index (κ1) is 10.7. The highest BCUT2D eigenvalue weighted by molar-refractivity contribution is 7.12. The van der Waals surface area contributed by atoms with Crippen LogP contribution < -0.4 is 5.43 Å².